The zero-order valence-corrected chi connectivity index (χ0v) is 12.0. The maximum atomic E-state index is 5.09. The van der Waals surface area contributed by atoms with Gasteiger partial charge in [-0.05, 0) is 19.0 Å². The van der Waals surface area contributed by atoms with Gasteiger partial charge >= 0.3 is 0 Å². The fourth-order valence-corrected chi connectivity index (χ4v) is 1.52. The Morgan fingerprint density at radius 3 is 2.18 bits per heavy atom. The summed E-state index contributed by atoms with van der Waals surface area (Å²) in [4.78, 5) is 2.38. The second kappa shape index (κ2) is 10.3. The van der Waals surface area contributed by atoms with Crippen molar-refractivity contribution in [2.24, 2.45) is 0 Å². The van der Waals surface area contributed by atoms with Gasteiger partial charge in [0.15, 0.2) is 0 Å². The van der Waals surface area contributed by atoms with Gasteiger partial charge in [0.25, 0.3) is 0 Å². The van der Waals surface area contributed by atoms with Gasteiger partial charge in [-0.15, -0.1) is 0 Å². The third kappa shape index (κ3) is 7.14. The van der Waals surface area contributed by atoms with E-state index in [1.807, 2.05) is 13.8 Å². The molecule has 0 heterocycles. The topological polar surface area (TPSA) is 12.5 Å². The molecule has 0 aromatic heterocycles. The summed E-state index contributed by atoms with van der Waals surface area (Å²) in [5, 5.41) is 0. The van der Waals surface area contributed by atoms with Crippen LogP contribution in [0, 0.1) is 6.92 Å². The Morgan fingerprint density at radius 2 is 1.71 bits per heavy atom. The van der Waals surface area contributed by atoms with E-state index in [-0.39, 0.29) is 0 Å². The smallest absolute Gasteiger partial charge is 0.0589 e. The van der Waals surface area contributed by atoms with Gasteiger partial charge in [-0.1, -0.05) is 50.6 Å². The van der Waals surface area contributed by atoms with Gasteiger partial charge in [-0.3, -0.25) is 4.90 Å². The lowest BCUT2D eigenvalue weighted by atomic mass is 10.1. The molecule has 0 radical (unpaired) electrons. The van der Waals surface area contributed by atoms with Gasteiger partial charge in [0.05, 0.1) is 6.61 Å². The van der Waals surface area contributed by atoms with E-state index in [0.717, 1.165) is 26.2 Å². The summed E-state index contributed by atoms with van der Waals surface area (Å²) < 4.78 is 5.09. The Kier molecular flexibility index (Phi) is 9.78. The Balaban J connectivity index is 0.00000121. The third-order valence-electron chi connectivity index (χ3n) is 2.59. The summed E-state index contributed by atoms with van der Waals surface area (Å²) in [6.45, 7) is 12.2. The standard InChI is InChI=1S/C13H21NO.C2H6/c1-4-14(9-10-15-3)11-13-7-5-12(2)6-8-13;1-2/h5-8H,4,9-11H2,1-3H3;1-2H3. The van der Waals surface area contributed by atoms with Crippen LogP contribution in [0.25, 0.3) is 0 Å². The number of ether oxygens (including phenoxy) is 1. The lowest BCUT2D eigenvalue weighted by Crippen LogP contribution is -2.26. The molecule has 0 N–H and O–H groups in total. The molecule has 2 heteroatoms. The Labute approximate surface area is 107 Å². The van der Waals surface area contributed by atoms with Gasteiger partial charge in [0, 0.05) is 20.2 Å². The minimum Gasteiger partial charge on any atom is -0.383 e. The maximum Gasteiger partial charge on any atom is 0.0589 e. The highest BCUT2D eigenvalue weighted by atomic mass is 16.5. The van der Waals surface area contributed by atoms with Crippen molar-refractivity contribution < 1.29 is 4.74 Å². The number of hydrogen-bond donors (Lipinski definition) is 0. The summed E-state index contributed by atoms with van der Waals surface area (Å²) >= 11 is 0. The van der Waals surface area contributed by atoms with Gasteiger partial charge < -0.3 is 4.74 Å². The SMILES string of the molecule is CC.CCN(CCOC)Cc1ccc(C)cc1. The number of likely N-dealkylation sites (N-methyl/N-ethyl adjacent to an activating group) is 1. The lowest BCUT2D eigenvalue weighted by Gasteiger charge is -2.19. The summed E-state index contributed by atoms with van der Waals surface area (Å²) in [7, 11) is 1.75. The van der Waals surface area contributed by atoms with Crippen LogP contribution in [0.1, 0.15) is 31.9 Å². The molecule has 98 valence electrons. The molecule has 1 aromatic carbocycles. The lowest BCUT2D eigenvalue weighted by molar-refractivity contribution is 0.147. The van der Waals surface area contributed by atoms with Crippen LogP contribution >= 0.6 is 0 Å². The van der Waals surface area contributed by atoms with Gasteiger partial charge in [0.2, 0.25) is 0 Å². The van der Waals surface area contributed by atoms with Crippen LogP contribution in [0.5, 0.6) is 0 Å². The molecule has 0 fully saturated rings. The quantitative estimate of drug-likeness (QED) is 0.751. The largest absolute Gasteiger partial charge is 0.383 e. The molecule has 0 unspecified atom stereocenters. The van der Waals surface area contributed by atoms with Crippen molar-refractivity contribution in [1.29, 1.82) is 0 Å². The highest BCUT2D eigenvalue weighted by Gasteiger charge is 2.02. The van der Waals surface area contributed by atoms with Crippen LogP contribution in [0.15, 0.2) is 24.3 Å². The van der Waals surface area contributed by atoms with Crippen molar-refractivity contribution in [3.05, 3.63) is 35.4 Å². The van der Waals surface area contributed by atoms with Crippen LogP contribution < -0.4 is 0 Å². The van der Waals surface area contributed by atoms with E-state index < -0.39 is 0 Å². The molecule has 17 heavy (non-hydrogen) atoms. The molecule has 0 aliphatic heterocycles. The first-order valence-corrected chi connectivity index (χ1v) is 6.53. The monoisotopic (exact) mass is 237 g/mol. The second-order valence-electron chi connectivity index (χ2n) is 3.85. The van der Waals surface area contributed by atoms with Crippen molar-refractivity contribution >= 4 is 0 Å². The fraction of sp³-hybridized carbons (Fsp3) is 0.600. The first-order valence-electron chi connectivity index (χ1n) is 6.53. The van der Waals surface area contributed by atoms with Crippen molar-refractivity contribution in [1.82, 2.24) is 4.90 Å². The molecule has 2 nitrogen and oxygen atoms in total. The van der Waals surface area contributed by atoms with Crippen molar-refractivity contribution in [3.63, 3.8) is 0 Å². The second-order valence-corrected chi connectivity index (χ2v) is 3.85. The maximum absolute atomic E-state index is 5.09. The molecule has 0 spiro atoms. The number of hydrogen-bond acceptors (Lipinski definition) is 2. The summed E-state index contributed by atoms with van der Waals surface area (Å²) in [6, 6.07) is 8.73. The predicted octanol–water partition coefficient (Wildman–Crippen LogP) is 3.49. The van der Waals surface area contributed by atoms with E-state index in [2.05, 4.69) is 43.0 Å². The third-order valence-corrected chi connectivity index (χ3v) is 2.59. The molecule has 0 aliphatic rings. The zero-order chi connectivity index (χ0) is 13.1. The molecular formula is C15H27NO. The molecule has 0 bridgehead atoms. The van der Waals surface area contributed by atoms with E-state index in [1.54, 1.807) is 7.11 Å². The fourth-order valence-electron chi connectivity index (χ4n) is 1.52. The Bertz CT molecular complexity index is 269. The number of aryl methyl sites for hydroxylation is 1. The minimum absolute atomic E-state index is 0.805. The number of methoxy groups -OCH3 is 1. The van der Waals surface area contributed by atoms with Crippen molar-refractivity contribution in [3.8, 4) is 0 Å². The van der Waals surface area contributed by atoms with E-state index in [9.17, 15) is 0 Å². The number of benzene rings is 1. The van der Waals surface area contributed by atoms with Crippen LogP contribution in [-0.2, 0) is 11.3 Å². The number of nitrogens with zero attached hydrogens (tertiary/aromatic N) is 1. The van der Waals surface area contributed by atoms with E-state index >= 15 is 0 Å². The van der Waals surface area contributed by atoms with E-state index in [0.29, 0.717) is 0 Å². The van der Waals surface area contributed by atoms with E-state index in [4.69, 9.17) is 4.74 Å². The highest BCUT2D eigenvalue weighted by Crippen LogP contribution is 2.06. The van der Waals surface area contributed by atoms with Crippen LogP contribution in [-0.4, -0.2) is 31.7 Å². The highest BCUT2D eigenvalue weighted by molar-refractivity contribution is 5.21. The van der Waals surface area contributed by atoms with Gasteiger partial charge in [0.1, 0.15) is 0 Å². The number of rotatable bonds is 6. The van der Waals surface area contributed by atoms with Gasteiger partial charge in [-0.2, -0.15) is 0 Å². The average molecular weight is 237 g/mol. The van der Waals surface area contributed by atoms with Crippen molar-refractivity contribution in [2.75, 3.05) is 26.8 Å². The minimum atomic E-state index is 0.805. The molecule has 0 aliphatic carbocycles. The van der Waals surface area contributed by atoms with Crippen LogP contribution in [0.3, 0.4) is 0 Å². The van der Waals surface area contributed by atoms with Crippen LogP contribution in [0.4, 0.5) is 0 Å². The normalized spacial score (nSPS) is 10.0. The van der Waals surface area contributed by atoms with Crippen molar-refractivity contribution in [2.45, 2.75) is 34.2 Å². The molecule has 0 atom stereocenters. The van der Waals surface area contributed by atoms with Gasteiger partial charge in [-0.25, -0.2) is 0 Å². The Morgan fingerprint density at radius 1 is 1.12 bits per heavy atom. The summed E-state index contributed by atoms with van der Waals surface area (Å²) in [5.41, 5.74) is 2.69. The Hall–Kier alpha value is -0.860. The molecule has 1 rings (SSSR count). The summed E-state index contributed by atoms with van der Waals surface area (Å²) in [6.07, 6.45) is 0. The molecular weight excluding hydrogens is 210 g/mol. The molecule has 1 aromatic rings. The zero-order valence-electron chi connectivity index (χ0n) is 12.0. The molecule has 0 saturated carbocycles. The average Bonchev–Trinajstić information content (AvgIpc) is 2.39. The summed E-state index contributed by atoms with van der Waals surface area (Å²) in [5.74, 6) is 0. The first kappa shape index (κ1) is 16.1. The molecule has 0 saturated heterocycles. The van der Waals surface area contributed by atoms with E-state index in [1.165, 1.54) is 11.1 Å². The van der Waals surface area contributed by atoms with Crippen LogP contribution in [0.2, 0.25) is 0 Å². The first-order chi connectivity index (χ1) is 8.26. The predicted molar refractivity (Wildman–Crippen MR) is 75.4 cm³/mol. The molecule has 0 amide bonds.